The number of nitrogens with zero attached hydrogens (tertiary/aromatic N) is 1. The van der Waals surface area contributed by atoms with Crippen LogP contribution in [0, 0.1) is 0 Å². The van der Waals surface area contributed by atoms with Crippen molar-refractivity contribution in [2.24, 2.45) is 0 Å². The third-order valence-corrected chi connectivity index (χ3v) is 3.70. The van der Waals surface area contributed by atoms with E-state index < -0.39 is 17.2 Å². The van der Waals surface area contributed by atoms with Gasteiger partial charge in [0.15, 0.2) is 5.58 Å². The van der Waals surface area contributed by atoms with E-state index in [-0.39, 0.29) is 23.1 Å². The van der Waals surface area contributed by atoms with Crippen molar-refractivity contribution >= 4 is 33.5 Å². The molecule has 1 N–H and O–H groups in total. The first-order chi connectivity index (χ1) is 11.4. The highest BCUT2D eigenvalue weighted by molar-refractivity contribution is 6.04. The summed E-state index contributed by atoms with van der Waals surface area (Å²) < 4.78 is 10.1. The minimum Gasteiger partial charge on any atom is -0.462 e. The van der Waals surface area contributed by atoms with Crippen LogP contribution in [0.3, 0.4) is 0 Å². The van der Waals surface area contributed by atoms with Gasteiger partial charge in [0, 0.05) is 25.2 Å². The van der Waals surface area contributed by atoms with Crippen LogP contribution in [0.2, 0.25) is 0 Å². The molecule has 7 heteroatoms. The Balaban J connectivity index is 2.34. The van der Waals surface area contributed by atoms with Crippen molar-refractivity contribution in [2.45, 2.75) is 6.92 Å². The summed E-state index contributed by atoms with van der Waals surface area (Å²) in [5, 5.41) is 0.713. The molecule has 0 aliphatic carbocycles. The number of carbonyl (C=O) groups excluding carboxylic acids is 1. The molecule has 2 aromatic heterocycles. The van der Waals surface area contributed by atoms with Gasteiger partial charge in [0.05, 0.1) is 17.5 Å². The van der Waals surface area contributed by atoms with Crippen molar-refractivity contribution in [3.05, 3.63) is 50.6 Å². The molecule has 0 bridgehead atoms. The van der Waals surface area contributed by atoms with E-state index in [1.54, 1.807) is 19.1 Å². The molecule has 2 heterocycles. The zero-order valence-corrected chi connectivity index (χ0v) is 13.5. The molecule has 0 aliphatic heterocycles. The van der Waals surface area contributed by atoms with Gasteiger partial charge >= 0.3 is 11.6 Å². The second-order valence-electron chi connectivity index (χ2n) is 5.49. The Bertz CT molecular complexity index is 1060. The molecule has 3 aromatic rings. The molecule has 0 unspecified atom stereocenters. The van der Waals surface area contributed by atoms with E-state index in [9.17, 15) is 14.4 Å². The highest BCUT2D eigenvalue weighted by Gasteiger charge is 2.18. The first-order valence-electron chi connectivity index (χ1n) is 7.40. The highest BCUT2D eigenvalue weighted by atomic mass is 16.5. The Morgan fingerprint density at radius 3 is 2.62 bits per heavy atom. The third kappa shape index (κ3) is 2.54. The molecule has 0 atom stereocenters. The topological polar surface area (TPSA) is 92.6 Å². The van der Waals surface area contributed by atoms with Crippen LogP contribution in [0.4, 0.5) is 5.69 Å². The SMILES string of the molecule is CCOC(=O)c1cc2c(=O)[nH]c3cc(N(C)C)ccc3c2oc1=O. The lowest BCUT2D eigenvalue weighted by atomic mass is 10.1. The number of hydrogen-bond acceptors (Lipinski definition) is 6. The maximum absolute atomic E-state index is 12.3. The van der Waals surface area contributed by atoms with Crippen molar-refractivity contribution in [1.82, 2.24) is 4.98 Å². The molecule has 0 spiro atoms. The number of H-pyrrole nitrogens is 1. The maximum Gasteiger partial charge on any atom is 0.351 e. The molecule has 0 fully saturated rings. The summed E-state index contributed by atoms with van der Waals surface area (Å²) in [6.07, 6.45) is 0. The minimum atomic E-state index is -0.829. The van der Waals surface area contributed by atoms with Crippen LogP contribution in [0.15, 0.2) is 38.3 Å². The number of anilines is 1. The first-order valence-corrected chi connectivity index (χ1v) is 7.40. The normalized spacial score (nSPS) is 11.0. The number of hydrogen-bond donors (Lipinski definition) is 1. The van der Waals surface area contributed by atoms with Gasteiger partial charge in [0.1, 0.15) is 5.56 Å². The number of aromatic amines is 1. The fourth-order valence-corrected chi connectivity index (χ4v) is 2.49. The Morgan fingerprint density at radius 1 is 1.21 bits per heavy atom. The number of nitrogens with one attached hydrogen (secondary N) is 1. The first kappa shape index (κ1) is 15.8. The number of esters is 1. The Morgan fingerprint density at radius 2 is 1.96 bits per heavy atom. The average molecular weight is 328 g/mol. The Hall–Kier alpha value is -3.09. The molecule has 0 radical (unpaired) electrons. The lowest BCUT2D eigenvalue weighted by Crippen LogP contribution is -2.18. The van der Waals surface area contributed by atoms with E-state index in [4.69, 9.17) is 9.15 Å². The summed E-state index contributed by atoms with van der Waals surface area (Å²) in [6.45, 7) is 1.75. The summed E-state index contributed by atoms with van der Waals surface area (Å²) in [5.41, 5.74) is 0.0252. The molecule has 7 nitrogen and oxygen atoms in total. The van der Waals surface area contributed by atoms with E-state index in [2.05, 4.69) is 4.98 Å². The van der Waals surface area contributed by atoms with Gasteiger partial charge in [-0.05, 0) is 31.2 Å². The standard InChI is InChI=1S/C17H16N2O5/c1-4-23-16(21)12-8-11-14(24-17(12)22)10-6-5-9(19(2)3)7-13(10)18-15(11)20/h5-8H,4H2,1-3H3,(H,18,20). The van der Waals surface area contributed by atoms with E-state index >= 15 is 0 Å². The number of rotatable bonds is 3. The van der Waals surface area contributed by atoms with Gasteiger partial charge in [-0.1, -0.05) is 0 Å². The fraction of sp³-hybridized carbons (Fsp3) is 0.235. The second-order valence-corrected chi connectivity index (χ2v) is 5.49. The molecule has 0 amide bonds. The zero-order chi connectivity index (χ0) is 17.4. The van der Waals surface area contributed by atoms with Crippen LogP contribution in [0.1, 0.15) is 17.3 Å². The van der Waals surface area contributed by atoms with Gasteiger partial charge in [-0.3, -0.25) is 4.79 Å². The molecule has 1 aromatic carbocycles. The monoisotopic (exact) mass is 328 g/mol. The lowest BCUT2D eigenvalue weighted by molar-refractivity contribution is 0.0522. The second kappa shape index (κ2) is 5.84. The van der Waals surface area contributed by atoms with E-state index in [1.165, 1.54) is 6.07 Å². The number of aromatic nitrogens is 1. The van der Waals surface area contributed by atoms with Crippen LogP contribution >= 0.6 is 0 Å². The predicted molar refractivity (Wildman–Crippen MR) is 90.9 cm³/mol. The van der Waals surface area contributed by atoms with Gasteiger partial charge in [-0.25, -0.2) is 9.59 Å². The molecule has 24 heavy (non-hydrogen) atoms. The van der Waals surface area contributed by atoms with Crippen molar-refractivity contribution in [1.29, 1.82) is 0 Å². The Kier molecular flexibility index (Phi) is 3.84. The third-order valence-electron chi connectivity index (χ3n) is 3.70. The minimum absolute atomic E-state index is 0.123. The molecule has 124 valence electrons. The summed E-state index contributed by atoms with van der Waals surface area (Å²) >= 11 is 0. The summed E-state index contributed by atoms with van der Waals surface area (Å²) in [4.78, 5) is 40.9. The van der Waals surface area contributed by atoms with E-state index in [0.29, 0.717) is 10.9 Å². The maximum atomic E-state index is 12.3. The summed E-state index contributed by atoms with van der Waals surface area (Å²) in [5.74, 6) is -0.810. The van der Waals surface area contributed by atoms with Gasteiger partial charge < -0.3 is 19.0 Å². The van der Waals surface area contributed by atoms with Crippen LogP contribution in [-0.2, 0) is 4.74 Å². The molecule has 0 saturated heterocycles. The molecule has 0 aliphatic rings. The van der Waals surface area contributed by atoms with E-state index in [1.807, 2.05) is 25.1 Å². The number of ether oxygens (including phenoxy) is 1. The quantitative estimate of drug-likeness (QED) is 0.583. The van der Waals surface area contributed by atoms with Gasteiger partial charge in [0.25, 0.3) is 5.56 Å². The van der Waals surface area contributed by atoms with Crippen LogP contribution in [-0.4, -0.2) is 31.7 Å². The van der Waals surface area contributed by atoms with Gasteiger partial charge in [-0.2, -0.15) is 0 Å². The summed E-state index contributed by atoms with van der Waals surface area (Å²) in [7, 11) is 3.76. The molecular weight excluding hydrogens is 312 g/mol. The number of pyridine rings is 1. The number of benzene rings is 1. The zero-order valence-electron chi connectivity index (χ0n) is 13.5. The molecule has 0 saturated carbocycles. The van der Waals surface area contributed by atoms with Crippen molar-refractivity contribution in [2.75, 3.05) is 25.6 Å². The van der Waals surface area contributed by atoms with Crippen LogP contribution in [0.5, 0.6) is 0 Å². The Labute approximate surface area is 136 Å². The van der Waals surface area contributed by atoms with Crippen molar-refractivity contribution in [3.8, 4) is 0 Å². The fourth-order valence-electron chi connectivity index (χ4n) is 2.49. The van der Waals surface area contributed by atoms with Crippen LogP contribution in [0.25, 0.3) is 21.9 Å². The largest absolute Gasteiger partial charge is 0.462 e. The van der Waals surface area contributed by atoms with Gasteiger partial charge in [0.2, 0.25) is 0 Å². The van der Waals surface area contributed by atoms with Crippen molar-refractivity contribution < 1.29 is 13.9 Å². The lowest BCUT2D eigenvalue weighted by Gasteiger charge is -2.13. The smallest absolute Gasteiger partial charge is 0.351 e. The number of fused-ring (bicyclic) bond motifs is 3. The summed E-state index contributed by atoms with van der Waals surface area (Å²) in [6, 6.07) is 6.61. The van der Waals surface area contributed by atoms with Crippen LogP contribution < -0.4 is 16.1 Å². The average Bonchev–Trinajstić information content (AvgIpc) is 2.54. The predicted octanol–water partition coefficient (Wildman–Crippen LogP) is 1.88. The van der Waals surface area contributed by atoms with E-state index in [0.717, 1.165) is 5.69 Å². The van der Waals surface area contributed by atoms with Crippen molar-refractivity contribution in [3.63, 3.8) is 0 Å². The highest BCUT2D eigenvalue weighted by Crippen LogP contribution is 2.24. The molecular formula is C17H16N2O5. The molecule has 3 rings (SSSR count). The van der Waals surface area contributed by atoms with Gasteiger partial charge in [-0.15, -0.1) is 0 Å². The number of carbonyl (C=O) groups is 1.